The lowest BCUT2D eigenvalue weighted by Gasteiger charge is -2.19. The molecule has 3 fully saturated rings. The number of amides is 2. The zero-order valence-electron chi connectivity index (χ0n) is 16.0. The van der Waals surface area contributed by atoms with Crippen LogP contribution >= 0.6 is 0 Å². The van der Waals surface area contributed by atoms with E-state index in [9.17, 15) is 9.59 Å². The highest BCUT2D eigenvalue weighted by atomic mass is 16.5. The molecule has 2 saturated carbocycles. The van der Waals surface area contributed by atoms with Gasteiger partial charge in [-0.25, -0.2) is 0 Å². The lowest BCUT2D eigenvalue weighted by Crippen LogP contribution is -2.32. The van der Waals surface area contributed by atoms with Crippen LogP contribution in [0.5, 0.6) is 11.5 Å². The Morgan fingerprint density at radius 2 is 1.41 bits per heavy atom. The van der Waals surface area contributed by atoms with Gasteiger partial charge in [0.15, 0.2) is 0 Å². The standard InChI is InChI=1S/C25H21NO3/c27-24-22-16-8-9-17(14-16)23(22)25(28)26(24)18-10-12-19(13-11-18)29-21-7-3-5-15-4-1-2-6-20(15)21/h1-7,10-13,16-17,22-23H,8-9,14H2/t16-,17+,22+,23-. The van der Waals surface area contributed by atoms with Crippen LogP contribution in [0.25, 0.3) is 10.8 Å². The number of carbonyl (C=O) groups excluding carboxylic acids is 2. The number of imide groups is 1. The highest BCUT2D eigenvalue weighted by molar-refractivity contribution is 6.22. The lowest BCUT2D eigenvalue weighted by atomic mass is 9.81. The van der Waals surface area contributed by atoms with Gasteiger partial charge in [-0.2, -0.15) is 0 Å². The maximum absolute atomic E-state index is 13.0. The van der Waals surface area contributed by atoms with E-state index >= 15 is 0 Å². The van der Waals surface area contributed by atoms with Crippen LogP contribution in [0.2, 0.25) is 0 Å². The first kappa shape index (κ1) is 16.8. The molecule has 0 unspecified atom stereocenters. The molecule has 0 N–H and O–H groups in total. The summed E-state index contributed by atoms with van der Waals surface area (Å²) in [5.41, 5.74) is 0.652. The Bertz CT molecular complexity index is 1100. The van der Waals surface area contributed by atoms with Gasteiger partial charge in [-0.15, -0.1) is 0 Å². The zero-order chi connectivity index (χ0) is 19.5. The van der Waals surface area contributed by atoms with Gasteiger partial charge in [-0.05, 0) is 66.8 Å². The molecule has 4 heteroatoms. The fraction of sp³-hybridized carbons (Fsp3) is 0.280. The summed E-state index contributed by atoms with van der Waals surface area (Å²) in [6, 6.07) is 21.4. The third-order valence-corrected chi connectivity index (χ3v) is 7.00. The molecule has 1 saturated heterocycles. The zero-order valence-corrected chi connectivity index (χ0v) is 16.0. The summed E-state index contributed by atoms with van der Waals surface area (Å²) in [7, 11) is 0. The van der Waals surface area contributed by atoms with Crippen molar-refractivity contribution in [2.24, 2.45) is 23.7 Å². The molecule has 4 atom stereocenters. The Kier molecular flexibility index (Phi) is 3.58. The first-order valence-electron chi connectivity index (χ1n) is 10.3. The van der Waals surface area contributed by atoms with Gasteiger partial charge in [0.2, 0.25) is 11.8 Å². The number of anilines is 1. The van der Waals surface area contributed by atoms with Gasteiger partial charge in [0.1, 0.15) is 11.5 Å². The molecule has 6 rings (SSSR count). The van der Waals surface area contributed by atoms with Crippen molar-refractivity contribution in [3.63, 3.8) is 0 Å². The Morgan fingerprint density at radius 1 is 0.759 bits per heavy atom. The molecule has 0 spiro atoms. The van der Waals surface area contributed by atoms with Gasteiger partial charge in [0.25, 0.3) is 0 Å². The Balaban J connectivity index is 1.27. The van der Waals surface area contributed by atoms with Crippen molar-refractivity contribution in [2.75, 3.05) is 4.90 Å². The smallest absolute Gasteiger partial charge is 0.237 e. The molecule has 1 heterocycles. The number of hydrogen-bond donors (Lipinski definition) is 0. The molecule has 144 valence electrons. The van der Waals surface area contributed by atoms with Gasteiger partial charge in [0, 0.05) is 5.39 Å². The summed E-state index contributed by atoms with van der Waals surface area (Å²) in [4.78, 5) is 27.4. The molecule has 2 amide bonds. The number of rotatable bonds is 3. The Hall–Kier alpha value is -3.14. The van der Waals surface area contributed by atoms with E-state index in [0.29, 0.717) is 23.3 Å². The van der Waals surface area contributed by atoms with Crippen molar-refractivity contribution in [1.82, 2.24) is 0 Å². The van der Waals surface area contributed by atoms with Crippen molar-refractivity contribution in [3.8, 4) is 11.5 Å². The average Bonchev–Trinajstić information content (AvgIpc) is 3.43. The number of ether oxygens (including phenoxy) is 1. The highest BCUT2D eigenvalue weighted by Crippen LogP contribution is 2.56. The summed E-state index contributed by atoms with van der Waals surface area (Å²) >= 11 is 0. The largest absolute Gasteiger partial charge is 0.457 e. The molecular weight excluding hydrogens is 362 g/mol. The minimum Gasteiger partial charge on any atom is -0.457 e. The minimum atomic E-state index is -0.0899. The van der Waals surface area contributed by atoms with Crippen LogP contribution < -0.4 is 9.64 Å². The second kappa shape index (κ2) is 6.18. The second-order valence-corrected chi connectivity index (χ2v) is 8.47. The Labute approximate surface area is 169 Å². The molecule has 2 bridgehead atoms. The molecule has 4 nitrogen and oxygen atoms in total. The van der Waals surface area contributed by atoms with E-state index in [1.54, 1.807) is 0 Å². The number of nitrogens with zero attached hydrogens (tertiary/aromatic N) is 1. The van der Waals surface area contributed by atoms with Crippen LogP contribution in [0.15, 0.2) is 66.7 Å². The predicted molar refractivity (Wildman–Crippen MR) is 111 cm³/mol. The molecule has 29 heavy (non-hydrogen) atoms. The number of fused-ring (bicyclic) bond motifs is 6. The summed E-state index contributed by atoms with van der Waals surface area (Å²) in [6.07, 6.45) is 3.24. The summed E-state index contributed by atoms with van der Waals surface area (Å²) in [5.74, 6) is 2.09. The molecule has 3 aromatic carbocycles. The van der Waals surface area contributed by atoms with E-state index in [4.69, 9.17) is 4.74 Å². The van der Waals surface area contributed by atoms with Gasteiger partial charge in [0.05, 0.1) is 17.5 Å². The molecule has 0 radical (unpaired) electrons. The van der Waals surface area contributed by atoms with E-state index in [1.807, 2.05) is 54.6 Å². The highest BCUT2D eigenvalue weighted by Gasteiger charge is 2.61. The predicted octanol–water partition coefficient (Wildman–Crippen LogP) is 5.17. The first-order valence-corrected chi connectivity index (χ1v) is 10.3. The van der Waals surface area contributed by atoms with Crippen LogP contribution in [-0.4, -0.2) is 11.8 Å². The van der Waals surface area contributed by atoms with Crippen molar-refractivity contribution >= 4 is 28.3 Å². The normalized spacial score (nSPS) is 27.7. The minimum absolute atomic E-state index is 0.00470. The van der Waals surface area contributed by atoms with Crippen LogP contribution in [0.4, 0.5) is 5.69 Å². The van der Waals surface area contributed by atoms with Gasteiger partial charge in [-0.3, -0.25) is 14.5 Å². The Morgan fingerprint density at radius 3 is 2.14 bits per heavy atom. The third-order valence-electron chi connectivity index (χ3n) is 7.00. The monoisotopic (exact) mass is 383 g/mol. The molecule has 2 aliphatic carbocycles. The van der Waals surface area contributed by atoms with Gasteiger partial charge >= 0.3 is 0 Å². The van der Waals surface area contributed by atoms with Crippen molar-refractivity contribution in [1.29, 1.82) is 0 Å². The maximum atomic E-state index is 13.0. The van der Waals surface area contributed by atoms with Crippen molar-refractivity contribution < 1.29 is 14.3 Å². The number of hydrogen-bond acceptors (Lipinski definition) is 3. The summed E-state index contributed by atoms with van der Waals surface area (Å²) in [5, 5.41) is 2.17. The van der Waals surface area contributed by atoms with Gasteiger partial charge < -0.3 is 4.74 Å². The fourth-order valence-corrected chi connectivity index (χ4v) is 5.74. The maximum Gasteiger partial charge on any atom is 0.237 e. The lowest BCUT2D eigenvalue weighted by molar-refractivity contribution is -0.123. The number of carbonyl (C=O) groups is 2. The third kappa shape index (κ3) is 2.45. The van der Waals surface area contributed by atoms with E-state index in [2.05, 4.69) is 12.1 Å². The first-order chi connectivity index (χ1) is 14.2. The van der Waals surface area contributed by atoms with Crippen LogP contribution in [0, 0.1) is 23.7 Å². The number of benzene rings is 3. The van der Waals surface area contributed by atoms with Crippen molar-refractivity contribution in [2.45, 2.75) is 19.3 Å². The molecule has 3 aromatic rings. The molecule has 3 aliphatic rings. The van der Waals surface area contributed by atoms with Crippen LogP contribution in [0.3, 0.4) is 0 Å². The summed E-state index contributed by atoms with van der Waals surface area (Å²) in [6.45, 7) is 0. The second-order valence-electron chi connectivity index (χ2n) is 8.47. The molecular formula is C25H21NO3. The van der Waals surface area contributed by atoms with Crippen molar-refractivity contribution in [3.05, 3.63) is 66.7 Å². The fourth-order valence-electron chi connectivity index (χ4n) is 5.74. The van der Waals surface area contributed by atoms with E-state index in [1.165, 1.54) is 4.90 Å². The molecule has 1 aliphatic heterocycles. The van der Waals surface area contributed by atoms with Crippen LogP contribution in [-0.2, 0) is 9.59 Å². The van der Waals surface area contributed by atoms with Crippen LogP contribution in [0.1, 0.15) is 19.3 Å². The summed E-state index contributed by atoms with van der Waals surface area (Å²) < 4.78 is 6.09. The van der Waals surface area contributed by atoms with Gasteiger partial charge in [-0.1, -0.05) is 36.4 Å². The quantitative estimate of drug-likeness (QED) is 0.587. The van der Waals surface area contributed by atoms with E-state index < -0.39 is 0 Å². The average molecular weight is 383 g/mol. The molecule has 0 aromatic heterocycles. The van der Waals surface area contributed by atoms with E-state index in [-0.39, 0.29) is 23.7 Å². The SMILES string of the molecule is O=C1[C@@H]2[C@H]3CC[C@H](C3)[C@@H]2C(=O)N1c1ccc(Oc2cccc3ccccc23)cc1. The van der Waals surface area contributed by atoms with E-state index in [0.717, 1.165) is 35.8 Å². The topological polar surface area (TPSA) is 46.6 Å².